The van der Waals surface area contributed by atoms with Gasteiger partial charge in [0.15, 0.2) is 0 Å². The highest BCUT2D eigenvalue weighted by Crippen LogP contribution is 2.25. The molecule has 0 aliphatic heterocycles. The van der Waals surface area contributed by atoms with Crippen molar-refractivity contribution in [3.63, 3.8) is 0 Å². The van der Waals surface area contributed by atoms with E-state index in [9.17, 15) is 4.79 Å². The number of benzene rings is 1. The third-order valence-corrected chi connectivity index (χ3v) is 3.85. The van der Waals surface area contributed by atoms with E-state index in [1.165, 1.54) is 0 Å². The number of nitrogens with two attached hydrogens (primary N) is 1. The van der Waals surface area contributed by atoms with Gasteiger partial charge in [-0.2, -0.15) is 5.26 Å². The van der Waals surface area contributed by atoms with E-state index in [1.807, 2.05) is 30.3 Å². The van der Waals surface area contributed by atoms with Crippen LogP contribution in [0.5, 0.6) is 0 Å². The van der Waals surface area contributed by atoms with Gasteiger partial charge >= 0.3 is 0 Å². The van der Waals surface area contributed by atoms with Gasteiger partial charge in [0.2, 0.25) is 5.91 Å². The van der Waals surface area contributed by atoms with Crippen molar-refractivity contribution in [2.24, 2.45) is 11.7 Å². The molecule has 0 bridgehead atoms. The van der Waals surface area contributed by atoms with Gasteiger partial charge in [0.05, 0.1) is 6.07 Å². The Bertz CT molecular complexity index is 480. The second-order valence-corrected chi connectivity index (χ2v) is 5.46. The highest BCUT2D eigenvalue weighted by Gasteiger charge is 2.28. The van der Waals surface area contributed by atoms with Crippen LogP contribution in [0.3, 0.4) is 0 Å². The Morgan fingerprint density at radius 2 is 2.10 bits per heavy atom. The Labute approximate surface area is 120 Å². The zero-order chi connectivity index (χ0) is 14.4. The van der Waals surface area contributed by atoms with Gasteiger partial charge in [0.25, 0.3) is 0 Å². The maximum atomic E-state index is 12.6. The van der Waals surface area contributed by atoms with Gasteiger partial charge in [-0.15, -0.1) is 0 Å². The van der Waals surface area contributed by atoms with Crippen LogP contribution in [0.2, 0.25) is 0 Å². The Morgan fingerprint density at radius 1 is 1.35 bits per heavy atom. The maximum Gasteiger partial charge on any atom is 0.226 e. The van der Waals surface area contributed by atoms with Crippen molar-refractivity contribution < 1.29 is 4.79 Å². The van der Waals surface area contributed by atoms with Crippen LogP contribution in [0.4, 0.5) is 0 Å². The molecule has 0 aromatic heterocycles. The lowest BCUT2D eigenvalue weighted by Gasteiger charge is -2.30. The summed E-state index contributed by atoms with van der Waals surface area (Å²) in [7, 11) is 0. The number of carbonyl (C=O) groups excluding carboxylic acids is 1. The van der Waals surface area contributed by atoms with E-state index in [4.69, 9.17) is 11.0 Å². The van der Waals surface area contributed by atoms with E-state index in [-0.39, 0.29) is 24.4 Å². The topological polar surface area (TPSA) is 70.1 Å². The van der Waals surface area contributed by atoms with Gasteiger partial charge in [-0.05, 0) is 24.8 Å². The van der Waals surface area contributed by atoms with Crippen molar-refractivity contribution in [2.75, 3.05) is 6.54 Å². The second kappa shape index (κ2) is 7.06. The van der Waals surface area contributed by atoms with Crippen molar-refractivity contribution in [2.45, 2.75) is 38.3 Å². The molecule has 0 heterocycles. The summed E-state index contributed by atoms with van der Waals surface area (Å²) in [6, 6.07) is 12.0. The maximum absolute atomic E-state index is 12.6. The van der Waals surface area contributed by atoms with Crippen molar-refractivity contribution in [1.82, 2.24) is 4.90 Å². The average Bonchev–Trinajstić information content (AvgIpc) is 2.47. The molecule has 1 fully saturated rings. The van der Waals surface area contributed by atoms with Crippen molar-refractivity contribution in [1.29, 1.82) is 5.26 Å². The van der Waals surface area contributed by atoms with E-state index >= 15 is 0 Å². The fraction of sp³-hybridized carbons (Fsp3) is 0.500. The number of carbonyl (C=O) groups is 1. The zero-order valence-corrected chi connectivity index (χ0v) is 11.7. The van der Waals surface area contributed by atoms with Crippen molar-refractivity contribution in [3.05, 3.63) is 35.9 Å². The number of hydrogen-bond acceptors (Lipinski definition) is 3. The lowest BCUT2D eigenvalue weighted by molar-refractivity contribution is -0.136. The molecule has 2 unspecified atom stereocenters. The first-order valence-electron chi connectivity index (χ1n) is 7.16. The largest absolute Gasteiger partial charge is 0.328 e. The minimum Gasteiger partial charge on any atom is -0.328 e. The molecule has 2 N–H and O–H groups in total. The van der Waals surface area contributed by atoms with E-state index in [1.54, 1.807) is 4.90 Å². The fourth-order valence-corrected chi connectivity index (χ4v) is 2.81. The minimum absolute atomic E-state index is 0.0178. The smallest absolute Gasteiger partial charge is 0.226 e. The number of nitrogens with zero attached hydrogens (tertiary/aromatic N) is 2. The summed E-state index contributed by atoms with van der Waals surface area (Å²) >= 11 is 0. The molecule has 1 aromatic rings. The fourth-order valence-electron chi connectivity index (χ4n) is 2.81. The molecule has 1 aromatic carbocycles. The van der Waals surface area contributed by atoms with Crippen LogP contribution in [-0.2, 0) is 11.3 Å². The number of amides is 1. The Hall–Kier alpha value is -1.86. The van der Waals surface area contributed by atoms with Crippen LogP contribution < -0.4 is 5.73 Å². The first-order chi connectivity index (χ1) is 9.70. The van der Waals surface area contributed by atoms with E-state index in [2.05, 4.69) is 6.07 Å². The van der Waals surface area contributed by atoms with Crippen LogP contribution in [-0.4, -0.2) is 23.4 Å². The van der Waals surface area contributed by atoms with E-state index < -0.39 is 0 Å². The minimum atomic E-state index is -0.0178. The number of rotatable bonds is 4. The molecule has 1 aliphatic rings. The summed E-state index contributed by atoms with van der Waals surface area (Å²) in [4.78, 5) is 14.2. The van der Waals surface area contributed by atoms with Crippen LogP contribution in [0.25, 0.3) is 0 Å². The average molecular weight is 271 g/mol. The summed E-state index contributed by atoms with van der Waals surface area (Å²) in [5.41, 5.74) is 7.01. The molecule has 0 radical (unpaired) electrons. The normalized spacial score (nSPS) is 22.0. The highest BCUT2D eigenvalue weighted by molar-refractivity contribution is 5.79. The molecule has 4 heteroatoms. The monoisotopic (exact) mass is 271 g/mol. The van der Waals surface area contributed by atoms with E-state index in [0.29, 0.717) is 6.54 Å². The third kappa shape index (κ3) is 3.82. The Kier molecular flexibility index (Phi) is 5.14. The third-order valence-electron chi connectivity index (χ3n) is 3.85. The first kappa shape index (κ1) is 14.5. The molecule has 20 heavy (non-hydrogen) atoms. The zero-order valence-electron chi connectivity index (χ0n) is 11.7. The van der Waals surface area contributed by atoms with Gasteiger partial charge in [-0.3, -0.25) is 4.79 Å². The molecular weight excluding hydrogens is 250 g/mol. The predicted octanol–water partition coefficient (Wildman–Crippen LogP) is 2.06. The van der Waals surface area contributed by atoms with Gasteiger partial charge < -0.3 is 10.6 Å². The number of nitriles is 1. The molecule has 1 saturated carbocycles. The standard InChI is InChI=1S/C16H21N3O/c17-9-10-19(12-13-5-2-1-3-6-13)16(20)14-7-4-8-15(18)11-14/h1-3,5-6,14-15H,4,7-8,10-12,18H2. The summed E-state index contributed by atoms with van der Waals surface area (Å²) in [5, 5.41) is 8.95. The molecule has 0 saturated heterocycles. The quantitative estimate of drug-likeness (QED) is 0.852. The SMILES string of the molecule is N#CCN(Cc1ccccc1)C(=O)C1CCCC(N)C1. The molecule has 4 nitrogen and oxygen atoms in total. The van der Waals surface area contributed by atoms with Crippen LogP contribution >= 0.6 is 0 Å². The molecule has 1 aliphatic carbocycles. The lowest BCUT2D eigenvalue weighted by atomic mass is 9.85. The predicted molar refractivity (Wildman–Crippen MR) is 77.4 cm³/mol. The molecule has 0 spiro atoms. The van der Waals surface area contributed by atoms with Crippen molar-refractivity contribution in [3.8, 4) is 6.07 Å². The molecular formula is C16H21N3O. The molecule has 1 amide bonds. The van der Waals surface area contributed by atoms with Gasteiger partial charge in [-0.25, -0.2) is 0 Å². The van der Waals surface area contributed by atoms with Gasteiger partial charge in [-0.1, -0.05) is 36.8 Å². The molecule has 2 atom stereocenters. The van der Waals surface area contributed by atoms with Crippen LogP contribution in [0.1, 0.15) is 31.2 Å². The Balaban J connectivity index is 2.04. The Morgan fingerprint density at radius 3 is 2.75 bits per heavy atom. The van der Waals surface area contributed by atoms with Gasteiger partial charge in [0, 0.05) is 18.5 Å². The second-order valence-electron chi connectivity index (χ2n) is 5.46. The van der Waals surface area contributed by atoms with E-state index in [0.717, 1.165) is 31.2 Å². The van der Waals surface area contributed by atoms with Crippen LogP contribution in [0.15, 0.2) is 30.3 Å². The van der Waals surface area contributed by atoms with Crippen molar-refractivity contribution >= 4 is 5.91 Å². The summed E-state index contributed by atoms with van der Waals surface area (Å²) < 4.78 is 0. The molecule has 2 rings (SSSR count). The summed E-state index contributed by atoms with van der Waals surface area (Å²) in [6.07, 6.45) is 3.64. The summed E-state index contributed by atoms with van der Waals surface area (Å²) in [6.45, 7) is 0.637. The first-order valence-corrected chi connectivity index (χ1v) is 7.16. The lowest BCUT2D eigenvalue weighted by Crippen LogP contribution is -2.40. The van der Waals surface area contributed by atoms with Crippen LogP contribution in [0, 0.1) is 17.2 Å². The summed E-state index contributed by atoms with van der Waals surface area (Å²) in [5.74, 6) is 0.0568. The molecule has 106 valence electrons. The highest BCUT2D eigenvalue weighted by atomic mass is 16.2. The number of hydrogen-bond donors (Lipinski definition) is 1. The van der Waals surface area contributed by atoms with Gasteiger partial charge in [0.1, 0.15) is 6.54 Å².